The first-order valence-corrected chi connectivity index (χ1v) is 10.2. The zero-order valence-corrected chi connectivity index (χ0v) is 17.7. The number of hydrogen-bond donors (Lipinski definition) is 1. The van der Waals surface area contributed by atoms with E-state index in [1.807, 2.05) is 0 Å². The monoisotopic (exact) mass is 438 g/mol. The molecule has 0 saturated carbocycles. The second-order valence-corrected chi connectivity index (χ2v) is 7.22. The second kappa shape index (κ2) is 9.93. The minimum Gasteiger partial charge on any atom is -0.464 e. The molecule has 12 nitrogen and oxygen atoms in total. The largest absolute Gasteiger partial charge is 0.464 e. The van der Waals surface area contributed by atoms with E-state index in [2.05, 4.69) is 19.9 Å². The predicted octanol–water partition coefficient (Wildman–Crippen LogP) is 0.954. The summed E-state index contributed by atoms with van der Waals surface area (Å²) < 4.78 is 36.7. The van der Waals surface area contributed by atoms with Crippen molar-refractivity contribution in [3.05, 3.63) is 35.7 Å². The third kappa shape index (κ3) is 5.18. The van der Waals surface area contributed by atoms with Crippen molar-refractivity contribution in [2.24, 2.45) is 10.7 Å². The van der Waals surface area contributed by atoms with Crippen molar-refractivity contribution < 1.29 is 27.5 Å². The molecule has 30 heavy (non-hydrogen) atoms. The lowest BCUT2D eigenvalue weighted by atomic mass is 10.2. The Morgan fingerprint density at radius 3 is 2.50 bits per heavy atom. The number of hydroxylamine groups is 1. The Balaban J connectivity index is 2.49. The summed E-state index contributed by atoms with van der Waals surface area (Å²) in [6, 6.07) is 5.50. The van der Waals surface area contributed by atoms with Crippen LogP contribution in [0.3, 0.4) is 0 Å². The molecule has 0 bridgehead atoms. The molecule has 0 amide bonds. The number of carbonyl (C=O) groups excluding carboxylic acids is 1. The molecule has 1 heterocycles. The number of sulfonamides is 1. The lowest BCUT2D eigenvalue weighted by molar-refractivity contribution is 0.0137. The molecule has 1 aromatic carbocycles. The smallest absolute Gasteiger partial charge is 0.339 e. The van der Waals surface area contributed by atoms with Gasteiger partial charge in [-0.2, -0.15) is 28.4 Å². The van der Waals surface area contributed by atoms with Crippen LogP contribution in [0.1, 0.15) is 30.0 Å². The maximum Gasteiger partial charge on any atom is 0.339 e. The van der Waals surface area contributed by atoms with Gasteiger partial charge in [-0.3, -0.25) is 4.84 Å². The molecule has 0 saturated heterocycles. The second-order valence-electron chi connectivity index (χ2n) is 5.50. The number of aromatic nitrogens is 3. The summed E-state index contributed by atoms with van der Waals surface area (Å²) >= 11 is 0. The van der Waals surface area contributed by atoms with Crippen molar-refractivity contribution in [1.82, 2.24) is 19.4 Å². The van der Waals surface area contributed by atoms with E-state index in [0.29, 0.717) is 16.9 Å². The van der Waals surface area contributed by atoms with Gasteiger partial charge in [-0.1, -0.05) is 12.1 Å². The van der Waals surface area contributed by atoms with Gasteiger partial charge in [-0.05, 0) is 32.9 Å². The number of aliphatic imine (C=N–C) groups is 1. The predicted molar refractivity (Wildman–Crippen MR) is 105 cm³/mol. The van der Waals surface area contributed by atoms with Crippen molar-refractivity contribution in [2.75, 3.05) is 20.3 Å². The van der Waals surface area contributed by atoms with Crippen LogP contribution in [0.15, 0.2) is 34.2 Å². The van der Waals surface area contributed by atoms with Crippen LogP contribution >= 0.6 is 0 Å². The zero-order chi connectivity index (χ0) is 22.3. The van der Waals surface area contributed by atoms with E-state index >= 15 is 0 Å². The highest BCUT2D eigenvalue weighted by Crippen LogP contribution is 2.22. The number of hydrogen-bond acceptors (Lipinski definition) is 10. The molecule has 162 valence electrons. The van der Waals surface area contributed by atoms with Gasteiger partial charge in [0.15, 0.2) is 0 Å². The Morgan fingerprint density at radius 1 is 1.17 bits per heavy atom. The number of nitrogens with two attached hydrogens (primary N) is 1. The van der Waals surface area contributed by atoms with Gasteiger partial charge in [0.25, 0.3) is 16.0 Å². The van der Waals surface area contributed by atoms with Gasteiger partial charge in [0.05, 0.1) is 25.9 Å². The Morgan fingerprint density at radius 2 is 1.87 bits per heavy atom. The Bertz CT molecular complexity index is 1040. The van der Waals surface area contributed by atoms with Crippen LogP contribution in [0.25, 0.3) is 0 Å². The first kappa shape index (κ1) is 23.0. The molecule has 2 aromatic rings. The number of aryl methyl sites for hydroxylation is 1. The average Bonchev–Trinajstić information content (AvgIpc) is 2.68. The van der Waals surface area contributed by atoms with Gasteiger partial charge in [0.1, 0.15) is 10.7 Å². The number of rotatable bonds is 8. The van der Waals surface area contributed by atoms with E-state index < -0.39 is 22.0 Å². The molecule has 2 N–H and O–H groups in total. The van der Waals surface area contributed by atoms with Crippen molar-refractivity contribution >= 4 is 27.9 Å². The van der Waals surface area contributed by atoms with Gasteiger partial charge in [0.2, 0.25) is 5.96 Å². The van der Waals surface area contributed by atoms with Crippen molar-refractivity contribution in [3.63, 3.8) is 0 Å². The van der Waals surface area contributed by atoms with Crippen molar-refractivity contribution in [3.8, 4) is 6.01 Å². The lowest BCUT2D eigenvalue weighted by Gasteiger charge is -2.21. The molecular formula is C17H22N6O6S. The Kier molecular flexibility index (Phi) is 7.60. The standard InChI is InChI=1S/C17H22N6O6S/c1-5-28-14(24)12-9-7-8-10-13(12)30(25,26)23(27-4)15(18)21-16-19-11(3)20-17(22-16)29-6-2/h7-10H,5-6H2,1-4H3,(H2,18,19,20,21,22). The van der Waals surface area contributed by atoms with E-state index in [1.165, 1.54) is 24.3 Å². The van der Waals surface area contributed by atoms with Crippen LogP contribution in [0.4, 0.5) is 5.95 Å². The molecule has 0 aliphatic rings. The van der Waals surface area contributed by atoms with Crippen molar-refractivity contribution in [1.29, 1.82) is 0 Å². The van der Waals surface area contributed by atoms with Crippen LogP contribution < -0.4 is 10.5 Å². The Labute approximate surface area is 173 Å². The minimum atomic E-state index is -4.44. The summed E-state index contributed by atoms with van der Waals surface area (Å²) in [7, 11) is -3.36. The number of nitrogens with zero attached hydrogens (tertiary/aromatic N) is 5. The summed E-state index contributed by atoms with van der Waals surface area (Å²) in [6.45, 7) is 5.32. The average molecular weight is 438 g/mol. The van der Waals surface area contributed by atoms with Gasteiger partial charge in [0, 0.05) is 0 Å². The molecular weight excluding hydrogens is 416 g/mol. The highest BCUT2D eigenvalue weighted by molar-refractivity contribution is 7.89. The topological polar surface area (TPSA) is 159 Å². The molecule has 1 aromatic heterocycles. The molecule has 0 aliphatic carbocycles. The van der Waals surface area contributed by atoms with E-state index in [-0.39, 0.29) is 29.0 Å². The number of ether oxygens (including phenoxy) is 2. The van der Waals surface area contributed by atoms with Crippen LogP contribution in [-0.2, 0) is 19.6 Å². The van der Waals surface area contributed by atoms with Crippen LogP contribution in [0.2, 0.25) is 0 Å². The van der Waals surface area contributed by atoms with Crippen LogP contribution in [-0.4, -0.2) is 60.1 Å². The SMILES string of the molecule is CCOC(=O)c1ccccc1S(=O)(=O)N(OC)C(N)=Nc1nc(C)nc(OCC)n1. The van der Waals surface area contributed by atoms with Crippen molar-refractivity contribution in [2.45, 2.75) is 25.7 Å². The molecule has 0 unspecified atom stereocenters. The normalized spacial score (nSPS) is 11.8. The van der Waals surface area contributed by atoms with Crippen LogP contribution in [0, 0.1) is 6.92 Å². The van der Waals surface area contributed by atoms with Crippen LogP contribution in [0.5, 0.6) is 6.01 Å². The van der Waals surface area contributed by atoms with Gasteiger partial charge >= 0.3 is 12.0 Å². The maximum atomic E-state index is 13.1. The Hall–Kier alpha value is -3.32. The molecule has 2 rings (SSSR count). The van der Waals surface area contributed by atoms with E-state index in [1.54, 1.807) is 20.8 Å². The summed E-state index contributed by atoms with van der Waals surface area (Å²) in [6.07, 6.45) is 0. The maximum absolute atomic E-state index is 13.1. The summed E-state index contributed by atoms with van der Waals surface area (Å²) in [5, 5.41) is 0. The lowest BCUT2D eigenvalue weighted by Crippen LogP contribution is -2.41. The highest BCUT2D eigenvalue weighted by Gasteiger charge is 2.32. The van der Waals surface area contributed by atoms with E-state index in [9.17, 15) is 13.2 Å². The number of guanidine groups is 1. The molecule has 0 fully saturated rings. The molecule has 0 spiro atoms. The minimum absolute atomic E-state index is 0.0102. The number of carbonyl (C=O) groups is 1. The van der Waals surface area contributed by atoms with E-state index in [4.69, 9.17) is 20.0 Å². The third-order valence-electron chi connectivity index (χ3n) is 3.43. The molecule has 0 aliphatic heterocycles. The molecule has 0 radical (unpaired) electrons. The molecule has 13 heteroatoms. The van der Waals surface area contributed by atoms with E-state index in [0.717, 1.165) is 7.11 Å². The van der Waals surface area contributed by atoms with Gasteiger partial charge < -0.3 is 15.2 Å². The number of esters is 1. The number of benzene rings is 1. The zero-order valence-electron chi connectivity index (χ0n) is 16.9. The van der Waals surface area contributed by atoms with Gasteiger partial charge in [-0.15, -0.1) is 4.47 Å². The summed E-state index contributed by atoms with van der Waals surface area (Å²) in [5.41, 5.74) is 5.68. The summed E-state index contributed by atoms with van der Waals surface area (Å²) in [5.74, 6) is -1.29. The molecule has 0 atom stereocenters. The first-order chi connectivity index (χ1) is 14.2. The van der Waals surface area contributed by atoms with Gasteiger partial charge in [-0.25, -0.2) is 4.79 Å². The fraction of sp³-hybridized carbons (Fsp3) is 0.353. The highest BCUT2D eigenvalue weighted by atomic mass is 32.2. The third-order valence-corrected chi connectivity index (χ3v) is 5.12. The summed E-state index contributed by atoms with van der Waals surface area (Å²) in [4.78, 5) is 32.5. The fourth-order valence-electron chi connectivity index (χ4n) is 2.30. The fourth-order valence-corrected chi connectivity index (χ4v) is 3.65. The first-order valence-electron chi connectivity index (χ1n) is 8.79. The quantitative estimate of drug-likeness (QED) is 0.272.